The Morgan fingerprint density at radius 3 is 2.62 bits per heavy atom. The highest BCUT2D eigenvalue weighted by atomic mass is 19.1. The van der Waals surface area contributed by atoms with Crippen LogP contribution in [0.1, 0.15) is 17.3 Å². The monoisotopic (exact) mass is 298 g/mol. The van der Waals surface area contributed by atoms with Crippen molar-refractivity contribution in [1.82, 2.24) is 4.90 Å². The Kier molecular flexibility index (Phi) is 5.65. The number of likely N-dealkylation sites (N-methyl/N-ethyl adjacent to an activating group) is 1. The molecule has 0 aliphatic rings. The summed E-state index contributed by atoms with van der Waals surface area (Å²) in [6.07, 6.45) is 0. The zero-order valence-electron chi connectivity index (χ0n) is 11.6. The van der Waals surface area contributed by atoms with E-state index in [1.54, 1.807) is 6.92 Å². The molecule has 0 radical (unpaired) electrons. The van der Waals surface area contributed by atoms with Gasteiger partial charge in [0, 0.05) is 7.05 Å². The number of halogens is 1. The highest BCUT2D eigenvalue weighted by Crippen LogP contribution is 2.16. The quantitative estimate of drug-likeness (QED) is 0.804. The number of amides is 2. The third-order valence-electron chi connectivity index (χ3n) is 2.47. The summed E-state index contributed by atoms with van der Waals surface area (Å²) in [4.78, 5) is 34.8. The van der Waals surface area contributed by atoms with Crippen LogP contribution in [0.15, 0.2) is 18.2 Å². The molecule has 2 N–H and O–H groups in total. The first-order valence-corrected chi connectivity index (χ1v) is 6.05. The average molecular weight is 298 g/mol. The van der Waals surface area contributed by atoms with Crippen molar-refractivity contribution in [2.75, 3.05) is 25.5 Å². The van der Waals surface area contributed by atoms with Crippen molar-refractivity contribution in [2.45, 2.75) is 6.92 Å². The fourth-order valence-electron chi connectivity index (χ4n) is 1.44. The van der Waals surface area contributed by atoms with Crippen LogP contribution in [0.4, 0.5) is 14.9 Å². The molecule has 0 aliphatic heterocycles. The van der Waals surface area contributed by atoms with Gasteiger partial charge in [0.05, 0.1) is 17.9 Å². The van der Waals surface area contributed by atoms with Gasteiger partial charge in [0.15, 0.2) is 0 Å². The van der Waals surface area contributed by atoms with Gasteiger partial charge in [-0.15, -0.1) is 0 Å². The van der Waals surface area contributed by atoms with Crippen LogP contribution in [0.2, 0.25) is 0 Å². The predicted molar refractivity (Wildman–Crippen MR) is 71.6 cm³/mol. The zero-order chi connectivity index (χ0) is 16.0. The number of carboxylic acids is 1. The number of hydrogen-bond acceptors (Lipinski definition) is 4. The molecule has 7 nitrogen and oxygen atoms in total. The summed E-state index contributed by atoms with van der Waals surface area (Å²) in [5.74, 6) is -2.63. The Morgan fingerprint density at radius 1 is 1.38 bits per heavy atom. The first-order chi connectivity index (χ1) is 9.85. The van der Waals surface area contributed by atoms with Gasteiger partial charge in [0.25, 0.3) is 0 Å². The zero-order valence-corrected chi connectivity index (χ0v) is 11.6. The van der Waals surface area contributed by atoms with Gasteiger partial charge in [0.1, 0.15) is 12.4 Å². The summed E-state index contributed by atoms with van der Waals surface area (Å²) < 4.78 is 18.2. The maximum absolute atomic E-state index is 13.5. The van der Waals surface area contributed by atoms with E-state index >= 15 is 0 Å². The number of urea groups is 1. The Labute approximate surface area is 120 Å². The largest absolute Gasteiger partial charge is 0.478 e. The minimum absolute atomic E-state index is 0.167. The molecule has 0 bridgehead atoms. The van der Waals surface area contributed by atoms with Gasteiger partial charge >= 0.3 is 18.0 Å². The molecule has 0 saturated carbocycles. The lowest BCUT2D eigenvalue weighted by molar-refractivity contribution is -0.143. The molecule has 114 valence electrons. The molecule has 1 aromatic rings. The van der Waals surface area contributed by atoms with Crippen LogP contribution in [0.3, 0.4) is 0 Å². The second kappa shape index (κ2) is 7.22. The van der Waals surface area contributed by atoms with E-state index in [0.29, 0.717) is 0 Å². The van der Waals surface area contributed by atoms with Gasteiger partial charge < -0.3 is 20.1 Å². The number of benzene rings is 1. The minimum atomic E-state index is -1.25. The van der Waals surface area contributed by atoms with Crippen molar-refractivity contribution in [3.05, 3.63) is 29.6 Å². The molecule has 1 aromatic carbocycles. The van der Waals surface area contributed by atoms with E-state index in [-0.39, 0.29) is 24.4 Å². The Morgan fingerprint density at radius 2 is 2.05 bits per heavy atom. The van der Waals surface area contributed by atoms with Crippen molar-refractivity contribution in [3.8, 4) is 0 Å². The van der Waals surface area contributed by atoms with Crippen LogP contribution in [0, 0.1) is 5.82 Å². The van der Waals surface area contributed by atoms with Crippen molar-refractivity contribution >= 4 is 23.7 Å². The molecule has 0 aliphatic carbocycles. The minimum Gasteiger partial charge on any atom is -0.478 e. The lowest BCUT2D eigenvalue weighted by atomic mass is 10.2. The maximum Gasteiger partial charge on any atom is 0.335 e. The smallest absolute Gasteiger partial charge is 0.335 e. The van der Waals surface area contributed by atoms with E-state index in [9.17, 15) is 18.8 Å². The molecule has 0 spiro atoms. The SMILES string of the molecule is CCOC(=O)CN(C)C(=O)Nc1cc(C(=O)O)ccc1F. The number of rotatable bonds is 5. The lowest BCUT2D eigenvalue weighted by Gasteiger charge is -2.17. The molecular formula is C13H15FN2O5. The van der Waals surface area contributed by atoms with E-state index < -0.39 is 23.8 Å². The van der Waals surface area contributed by atoms with Crippen molar-refractivity contribution < 1.29 is 28.6 Å². The van der Waals surface area contributed by atoms with E-state index in [1.807, 2.05) is 0 Å². The Hall–Kier alpha value is -2.64. The summed E-state index contributed by atoms with van der Waals surface area (Å²) in [6, 6.07) is 2.25. The molecule has 0 atom stereocenters. The molecule has 8 heteroatoms. The number of carboxylic acid groups (broad SMARTS) is 1. The van der Waals surface area contributed by atoms with Crippen LogP contribution in [-0.2, 0) is 9.53 Å². The number of esters is 1. The molecule has 0 unspecified atom stereocenters. The lowest BCUT2D eigenvalue weighted by Crippen LogP contribution is -2.36. The molecule has 0 saturated heterocycles. The summed E-state index contributed by atoms with van der Waals surface area (Å²) in [5.41, 5.74) is -0.449. The number of nitrogens with one attached hydrogen (secondary N) is 1. The molecule has 1 rings (SSSR count). The topological polar surface area (TPSA) is 95.9 Å². The van der Waals surface area contributed by atoms with Crippen molar-refractivity contribution in [3.63, 3.8) is 0 Å². The van der Waals surface area contributed by atoms with Gasteiger partial charge in [-0.3, -0.25) is 4.79 Å². The number of nitrogens with zero attached hydrogens (tertiary/aromatic N) is 1. The van der Waals surface area contributed by atoms with Crippen LogP contribution in [0.25, 0.3) is 0 Å². The second-order valence-electron chi connectivity index (χ2n) is 4.09. The number of carbonyl (C=O) groups excluding carboxylic acids is 2. The van der Waals surface area contributed by atoms with Crippen LogP contribution in [0.5, 0.6) is 0 Å². The number of hydrogen-bond donors (Lipinski definition) is 2. The molecule has 0 heterocycles. The van der Waals surface area contributed by atoms with E-state index in [1.165, 1.54) is 7.05 Å². The van der Waals surface area contributed by atoms with E-state index in [0.717, 1.165) is 23.1 Å². The van der Waals surface area contributed by atoms with Crippen LogP contribution >= 0.6 is 0 Å². The molecule has 2 amide bonds. The number of carbonyl (C=O) groups is 3. The average Bonchev–Trinajstić information content (AvgIpc) is 2.40. The number of anilines is 1. The first-order valence-electron chi connectivity index (χ1n) is 6.05. The molecule has 0 aromatic heterocycles. The third kappa shape index (κ3) is 4.75. The fourth-order valence-corrected chi connectivity index (χ4v) is 1.44. The van der Waals surface area contributed by atoms with Gasteiger partial charge in [-0.05, 0) is 25.1 Å². The number of ether oxygens (including phenoxy) is 1. The van der Waals surface area contributed by atoms with Crippen LogP contribution in [-0.4, -0.2) is 48.2 Å². The van der Waals surface area contributed by atoms with Gasteiger partial charge in [-0.1, -0.05) is 0 Å². The first kappa shape index (κ1) is 16.4. The highest BCUT2D eigenvalue weighted by Gasteiger charge is 2.16. The molecule has 0 fully saturated rings. The standard InChI is InChI=1S/C13H15FN2O5/c1-3-21-11(17)7-16(2)13(20)15-10-6-8(12(18)19)4-5-9(10)14/h4-6H,3,7H2,1-2H3,(H,15,20)(H,18,19). The molecular weight excluding hydrogens is 283 g/mol. The summed E-state index contributed by atoms with van der Waals surface area (Å²) in [6.45, 7) is 1.51. The normalized spacial score (nSPS) is 9.86. The van der Waals surface area contributed by atoms with Gasteiger partial charge in [0.2, 0.25) is 0 Å². The van der Waals surface area contributed by atoms with Crippen molar-refractivity contribution in [1.29, 1.82) is 0 Å². The predicted octanol–water partition coefficient (Wildman–Crippen LogP) is 1.55. The number of aromatic carboxylic acids is 1. The third-order valence-corrected chi connectivity index (χ3v) is 2.47. The summed E-state index contributed by atoms with van der Waals surface area (Å²) in [5, 5.41) is 11.0. The maximum atomic E-state index is 13.5. The summed E-state index contributed by atoms with van der Waals surface area (Å²) >= 11 is 0. The van der Waals surface area contributed by atoms with Gasteiger partial charge in [-0.2, -0.15) is 0 Å². The van der Waals surface area contributed by atoms with E-state index in [2.05, 4.69) is 10.1 Å². The Balaban J connectivity index is 2.76. The van der Waals surface area contributed by atoms with E-state index in [4.69, 9.17) is 5.11 Å². The summed E-state index contributed by atoms with van der Waals surface area (Å²) in [7, 11) is 1.32. The fraction of sp³-hybridized carbons (Fsp3) is 0.308. The van der Waals surface area contributed by atoms with Crippen LogP contribution < -0.4 is 5.32 Å². The molecule has 21 heavy (non-hydrogen) atoms. The highest BCUT2D eigenvalue weighted by molar-refractivity contribution is 5.94. The second-order valence-corrected chi connectivity index (χ2v) is 4.09. The van der Waals surface area contributed by atoms with Gasteiger partial charge in [-0.25, -0.2) is 14.0 Å². The van der Waals surface area contributed by atoms with Crippen molar-refractivity contribution in [2.24, 2.45) is 0 Å². The Bertz CT molecular complexity index is 561.